The first-order valence-electron chi connectivity index (χ1n) is 3.78. The summed E-state index contributed by atoms with van der Waals surface area (Å²) in [7, 11) is 0. The minimum absolute atomic E-state index is 0.223. The third kappa shape index (κ3) is 6.01. The molecule has 0 aromatic rings. The van der Waals surface area contributed by atoms with Gasteiger partial charge in [0.15, 0.2) is 0 Å². The van der Waals surface area contributed by atoms with Crippen molar-refractivity contribution in [1.82, 2.24) is 0 Å². The number of aliphatic hydroxyl groups excluding tert-OH is 2. The average molecular weight is 147 g/mol. The molecule has 10 heavy (non-hydrogen) atoms. The monoisotopic (exact) mass is 147 g/mol. The third-order valence-electron chi connectivity index (χ3n) is 1.51. The van der Waals surface area contributed by atoms with Gasteiger partial charge in [-0.2, -0.15) is 0 Å². The lowest BCUT2D eigenvalue weighted by molar-refractivity contribution is 0.135. The molecular weight excluding hydrogens is 130 g/mol. The molecule has 0 heterocycles. The molecule has 0 spiro atoms. The van der Waals surface area contributed by atoms with Crippen molar-refractivity contribution in [3.8, 4) is 0 Å². The van der Waals surface area contributed by atoms with E-state index in [0.29, 0.717) is 6.42 Å². The highest BCUT2D eigenvalue weighted by molar-refractivity contribution is 4.54. The maximum absolute atomic E-state index is 9.05. The molecular formula is C7H17NO2. The van der Waals surface area contributed by atoms with E-state index in [4.69, 9.17) is 15.9 Å². The molecule has 0 aliphatic rings. The highest BCUT2D eigenvalue weighted by atomic mass is 16.3. The quantitative estimate of drug-likeness (QED) is 0.487. The van der Waals surface area contributed by atoms with Crippen LogP contribution in [0.1, 0.15) is 32.6 Å². The van der Waals surface area contributed by atoms with Crippen LogP contribution in [0.4, 0.5) is 0 Å². The Bertz CT molecular complexity index is 76.0. The van der Waals surface area contributed by atoms with Crippen molar-refractivity contribution in [2.45, 2.75) is 44.9 Å². The van der Waals surface area contributed by atoms with Crippen LogP contribution in [0.3, 0.4) is 0 Å². The Morgan fingerprint density at radius 3 is 2.30 bits per heavy atom. The Morgan fingerprint density at radius 1 is 1.30 bits per heavy atom. The Morgan fingerprint density at radius 2 is 1.90 bits per heavy atom. The van der Waals surface area contributed by atoms with Gasteiger partial charge in [0.2, 0.25) is 0 Å². The molecule has 0 aromatic carbocycles. The Labute approximate surface area is 61.9 Å². The van der Waals surface area contributed by atoms with Gasteiger partial charge in [-0.15, -0.1) is 0 Å². The molecule has 0 amide bonds. The molecule has 0 rings (SSSR count). The molecule has 4 N–H and O–H groups in total. The highest BCUT2D eigenvalue weighted by Gasteiger charge is 2.01. The number of hydrogen-bond donors (Lipinski definition) is 3. The van der Waals surface area contributed by atoms with E-state index in [2.05, 4.69) is 0 Å². The molecule has 3 heteroatoms. The summed E-state index contributed by atoms with van der Waals surface area (Å²) in [6, 6.07) is 0. The summed E-state index contributed by atoms with van der Waals surface area (Å²) in [4.78, 5) is 0. The largest absolute Gasteiger partial charge is 0.393 e. The fraction of sp³-hybridized carbons (Fsp3) is 1.00. The zero-order chi connectivity index (χ0) is 7.98. The lowest BCUT2D eigenvalue weighted by atomic mass is 10.1. The number of hydrogen-bond acceptors (Lipinski definition) is 3. The lowest BCUT2D eigenvalue weighted by Crippen LogP contribution is -2.18. The fourth-order valence-electron chi connectivity index (χ4n) is 0.767. The molecule has 2 atom stereocenters. The van der Waals surface area contributed by atoms with Gasteiger partial charge >= 0.3 is 0 Å². The van der Waals surface area contributed by atoms with E-state index in [1.807, 2.05) is 6.92 Å². The number of nitrogens with two attached hydrogens (primary N) is 1. The summed E-state index contributed by atoms with van der Waals surface area (Å²) in [6.45, 7) is 1.93. The molecule has 3 nitrogen and oxygen atoms in total. The highest BCUT2D eigenvalue weighted by Crippen LogP contribution is 2.03. The first-order chi connectivity index (χ1) is 4.66. The smallest absolute Gasteiger partial charge is 0.102 e. The van der Waals surface area contributed by atoms with Gasteiger partial charge in [0.1, 0.15) is 6.23 Å². The van der Waals surface area contributed by atoms with Gasteiger partial charge in [-0.25, -0.2) is 0 Å². The Hall–Kier alpha value is -0.120. The van der Waals surface area contributed by atoms with Crippen LogP contribution in [0.15, 0.2) is 0 Å². The average Bonchev–Trinajstić information content (AvgIpc) is 1.87. The van der Waals surface area contributed by atoms with E-state index in [-0.39, 0.29) is 6.10 Å². The van der Waals surface area contributed by atoms with E-state index in [1.54, 1.807) is 0 Å². The minimum atomic E-state index is -0.718. The normalized spacial score (nSPS) is 16.8. The summed E-state index contributed by atoms with van der Waals surface area (Å²) < 4.78 is 0. The molecule has 0 bridgehead atoms. The summed E-state index contributed by atoms with van der Waals surface area (Å²) in [5.41, 5.74) is 5.09. The second-order valence-corrected chi connectivity index (χ2v) is 2.56. The molecule has 0 aliphatic heterocycles. The van der Waals surface area contributed by atoms with Crippen LogP contribution in [0.25, 0.3) is 0 Å². The summed E-state index contributed by atoms with van der Waals surface area (Å²) >= 11 is 0. The van der Waals surface area contributed by atoms with Crippen molar-refractivity contribution < 1.29 is 10.2 Å². The minimum Gasteiger partial charge on any atom is -0.393 e. The van der Waals surface area contributed by atoms with Crippen LogP contribution in [0.2, 0.25) is 0 Å². The molecule has 0 aromatic heterocycles. The standard InChI is InChI=1S/C7H17NO2/c1-2-6(9)4-3-5-7(8)10/h6-7,9-10H,2-5,8H2,1H3. The second-order valence-electron chi connectivity index (χ2n) is 2.56. The molecule has 0 saturated heterocycles. The third-order valence-corrected chi connectivity index (χ3v) is 1.51. The van der Waals surface area contributed by atoms with Crippen molar-refractivity contribution in [3.63, 3.8) is 0 Å². The van der Waals surface area contributed by atoms with E-state index in [0.717, 1.165) is 19.3 Å². The number of aliphatic hydroxyl groups is 2. The van der Waals surface area contributed by atoms with Crippen molar-refractivity contribution in [2.75, 3.05) is 0 Å². The van der Waals surface area contributed by atoms with Gasteiger partial charge in [-0.3, -0.25) is 0 Å². The first-order valence-corrected chi connectivity index (χ1v) is 3.78. The predicted octanol–water partition coefficient (Wildman–Crippen LogP) is 0.205. The van der Waals surface area contributed by atoms with E-state index in [9.17, 15) is 0 Å². The van der Waals surface area contributed by atoms with Gasteiger partial charge in [-0.05, 0) is 25.7 Å². The molecule has 0 saturated carbocycles. The van der Waals surface area contributed by atoms with Gasteiger partial charge in [0, 0.05) is 0 Å². The van der Waals surface area contributed by atoms with Crippen molar-refractivity contribution in [2.24, 2.45) is 5.73 Å². The maximum Gasteiger partial charge on any atom is 0.102 e. The zero-order valence-corrected chi connectivity index (χ0v) is 6.45. The van der Waals surface area contributed by atoms with Gasteiger partial charge in [-0.1, -0.05) is 6.92 Å². The summed E-state index contributed by atoms with van der Waals surface area (Å²) in [6.07, 6.45) is 1.96. The predicted molar refractivity (Wildman–Crippen MR) is 40.3 cm³/mol. The SMILES string of the molecule is CCC(O)CCCC(N)O. The topological polar surface area (TPSA) is 66.5 Å². The van der Waals surface area contributed by atoms with Crippen molar-refractivity contribution in [3.05, 3.63) is 0 Å². The van der Waals surface area contributed by atoms with Gasteiger partial charge < -0.3 is 15.9 Å². The molecule has 2 unspecified atom stereocenters. The molecule has 0 fully saturated rings. The molecule has 0 aliphatic carbocycles. The fourth-order valence-corrected chi connectivity index (χ4v) is 0.767. The van der Waals surface area contributed by atoms with E-state index in [1.165, 1.54) is 0 Å². The summed E-state index contributed by atoms with van der Waals surface area (Å²) in [5, 5.41) is 17.7. The number of rotatable bonds is 5. The van der Waals surface area contributed by atoms with Gasteiger partial charge in [0.25, 0.3) is 0 Å². The Kier molecular flexibility index (Phi) is 5.58. The van der Waals surface area contributed by atoms with E-state index < -0.39 is 6.23 Å². The lowest BCUT2D eigenvalue weighted by Gasteiger charge is -2.07. The first kappa shape index (κ1) is 9.88. The maximum atomic E-state index is 9.05. The molecule has 0 radical (unpaired) electrons. The van der Waals surface area contributed by atoms with Crippen LogP contribution in [0, 0.1) is 0 Å². The summed E-state index contributed by atoms with van der Waals surface area (Å²) in [5.74, 6) is 0. The zero-order valence-electron chi connectivity index (χ0n) is 6.45. The van der Waals surface area contributed by atoms with Crippen LogP contribution >= 0.6 is 0 Å². The van der Waals surface area contributed by atoms with Gasteiger partial charge in [0.05, 0.1) is 6.10 Å². The van der Waals surface area contributed by atoms with Crippen LogP contribution in [-0.2, 0) is 0 Å². The van der Waals surface area contributed by atoms with Crippen LogP contribution < -0.4 is 5.73 Å². The molecule has 62 valence electrons. The van der Waals surface area contributed by atoms with Crippen LogP contribution in [0.5, 0.6) is 0 Å². The van der Waals surface area contributed by atoms with Crippen molar-refractivity contribution in [1.29, 1.82) is 0 Å². The van der Waals surface area contributed by atoms with Crippen LogP contribution in [-0.4, -0.2) is 22.5 Å². The second kappa shape index (κ2) is 5.65. The van der Waals surface area contributed by atoms with E-state index >= 15 is 0 Å². The Balaban J connectivity index is 3.03. The van der Waals surface area contributed by atoms with Crippen molar-refractivity contribution >= 4 is 0 Å².